The Morgan fingerprint density at radius 2 is 2.17 bits per heavy atom. The molecule has 0 spiro atoms. The summed E-state index contributed by atoms with van der Waals surface area (Å²) in [5.41, 5.74) is 11.5. The Kier molecular flexibility index (Phi) is 1.82. The lowest BCUT2D eigenvalue weighted by Gasteiger charge is -1.98. The first-order chi connectivity index (χ1) is 5.95. The standard InChI is InChI=1S/C12H8/c1-2-6-11(7-3-1)10-12-8-4-5-9-12/h2,4-8H,10H2. The molecule has 2 aliphatic carbocycles. The molecule has 0 aromatic heterocycles. The highest BCUT2D eigenvalue weighted by Gasteiger charge is 1.98. The molecule has 0 aromatic rings. The van der Waals surface area contributed by atoms with Gasteiger partial charge in [0, 0.05) is 6.42 Å². The van der Waals surface area contributed by atoms with Gasteiger partial charge in [-0.25, -0.2) is 0 Å². The van der Waals surface area contributed by atoms with Crippen molar-refractivity contribution in [3.8, 4) is 0 Å². The highest BCUT2D eigenvalue weighted by molar-refractivity contribution is 5.37. The van der Waals surface area contributed by atoms with Crippen LogP contribution in [-0.4, -0.2) is 0 Å². The van der Waals surface area contributed by atoms with Crippen molar-refractivity contribution < 1.29 is 0 Å². The molecular weight excluding hydrogens is 144 g/mol. The summed E-state index contributed by atoms with van der Waals surface area (Å²) in [6.07, 6.45) is 12.9. The zero-order valence-electron chi connectivity index (χ0n) is 6.67. The first-order valence-electron chi connectivity index (χ1n) is 3.94. The quantitative estimate of drug-likeness (QED) is 0.534. The van der Waals surface area contributed by atoms with Crippen LogP contribution in [0.15, 0.2) is 64.8 Å². The number of rotatable bonds is 2. The molecule has 0 nitrogen and oxygen atoms in total. The number of allylic oxidation sites excluding steroid dienone is 7. The van der Waals surface area contributed by atoms with Gasteiger partial charge in [0.25, 0.3) is 0 Å². The number of hydrogen-bond donors (Lipinski definition) is 0. The molecule has 56 valence electrons. The largest absolute Gasteiger partial charge is 0.117 e. The summed E-state index contributed by atoms with van der Waals surface area (Å²) in [7, 11) is 0. The van der Waals surface area contributed by atoms with E-state index in [1.54, 1.807) is 0 Å². The summed E-state index contributed by atoms with van der Waals surface area (Å²) in [6.45, 7) is 0. The maximum atomic E-state index is 3.16. The van der Waals surface area contributed by atoms with Gasteiger partial charge < -0.3 is 0 Å². The van der Waals surface area contributed by atoms with Crippen LogP contribution in [0.2, 0.25) is 0 Å². The van der Waals surface area contributed by atoms with Crippen molar-refractivity contribution in [3.63, 3.8) is 0 Å². The number of hydrogen-bond acceptors (Lipinski definition) is 0. The van der Waals surface area contributed by atoms with Crippen LogP contribution in [0.3, 0.4) is 0 Å². The van der Waals surface area contributed by atoms with Gasteiger partial charge in [0.05, 0.1) is 0 Å². The molecule has 0 fully saturated rings. The molecule has 0 amide bonds. The Bertz CT molecular complexity index is 409. The monoisotopic (exact) mass is 152 g/mol. The maximum absolute atomic E-state index is 3.16. The van der Waals surface area contributed by atoms with Crippen LogP contribution in [0.5, 0.6) is 0 Å². The molecule has 0 bridgehead atoms. The van der Waals surface area contributed by atoms with Crippen LogP contribution in [0.25, 0.3) is 0 Å². The minimum absolute atomic E-state index is 0.943. The van der Waals surface area contributed by atoms with Crippen molar-refractivity contribution in [1.82, 2.24) is 0 Å². The molecule has 12 heavy (non-hydrogen) atoms. The van der Waals surface area contributed by atoms with Crippen molar-refractivity contribution in [2.75, 3.05) is 0 Å². The fraction of sp³-hybridized carbons (Fsp3) is 0.0833. The van der Waals surface area contributed by atoms with Gasteiger partial charge in [-0.15, -0.1) is 5.73 Å². The van der Waals surface area contributed by atoms with E-state index in [9.17, 15) is 0 Å². The van der Waals surface area contributed by atoms with E-state index in [4.69, 9.17) is 0 Å². The zero-order valence-corrected chi connectivity index (χ0v) is 6.67. The van der Waals surface area contributed by atoms with Gasteiger partial charge in [-0.05, 0) is 35.5 Å². The predicted molar refractivity (Wildman–Crippen MR) is 49.6 cm³/mol. The molecule has 0 heteroatoms. The molecule has 0 aromatic carbocycles. The summed E-state index contributed by atoms with van der Waals surface area (Å²) in [4.78, 5) is 0. The summed E-state index contributed by atoms with van der Waals surface area (Å²) in [6, 6.07) is 0. The molecule has 0 atom stereocenters. The highest BCUT2D eigenvalue weighted by Crippen LogP contribution is 2.15. The van der Waals surface area contributed by atoms with Crippen LogP contribution in [0.4, 0.5) is 0 Å². The van der Waals surface area contributed by atoms with E-state index in [1.807, 2.05) is 24.3 Å². The fourth-order valence-corrected chi connectivity index (χ4v) is 1.19. The Hall–Kier alpha value is -1.70. The summed E-state index contributed by atoms with van der Waals surface area (Å²) in [5.74, 6) is 0. The van der Waals surface area contributed by atoms with Gasteiger partial charge in [-0.3, -0.25) is 0 Å². The molecule has 0 aliphatic heterocycles. The van der Waals surface area contributed by atoms with Crippen molar-refractivity contribution in [1.29, 1.82) is 0 Å². The maximum Gasteiger partial charge on any atom is 0.00545 e. The highest BCUT2D eigenvalue weighted by atomic mass is 14.0. The van der Waals surface area contributed by atoms with Crippen molar-refractivity contribution >= 4 is 0 Å². The summed E-state index contributed by atoms with van der Waals surface area (Å²) < 4.78 is 0. The molecule has 0 unspecified atom stereocenters. The van der Waals surface area contributed by atoms with E-state index in [0.29, 0.717) is 0 Å². The first-order valence-corrected chi connectivity index (χ1v) is 3.94. The van der Waals surface area contributed by atoms with Crippen molar-refractivity contribution in [2.24, 2.45) is 0 Å². The molecule has 0 radical (unpaired) electrons. The van der Waals surface area contributed by atoms with Crippen LogP contribution in [-0.2, 0) is 0 Å². The molecule has 2 rings (SSSR count). The van der Waals surface area contributed by atoms with Gasteiger partial charge in [-0.1, -0.05) is 23.6 Å². The lowest BCUT2D eigenvalue weighted by molar-refractivity contribution is 1.22. The average molecular weight is 152 g/mol. The zero-order chi connectivity index (χ0) is 8.23. The Morgan fingerprint density at radius 1 is 1.17 bits per heavy atom. The first kappa shape index (κ1) is 6.98. The van der Waals surface area contributed by atoms with E-state index in [1.165, 1.54) is 11.1 Å². The molecule has 0 saturated heterocycles. The molecular formula is C12H8. The van der Waals surface area contributed by atoms with Gasteiger partial charge in [0.2, 0.25) is 0 Å². The van der Waals surface area contributed by atoms with Crippen LogP contribution in [0.1, 0.15) is 6.42 Å². The second-order valence-electron chi connectivity index (χ2n) is 2.71. The minimum atomic E-state index is 0.943. The third-order valence-electron chi connectivity index (χ3n) is 1.78. The normalized spacial score (nSPS) is 17.0. The van der Waals surface area contributed by atoms with Crippen LogP contribution >= 0.6 is 0 Å². The predicted octanol–water partition coefficient (Wildman–Crippen LogP) is 2.83. The van der Waals surface area contributed by atoms with E-state index < -0.39 is 0 Å². The third-order valence-corrected chi connectivity index (χ3v) is 1.78. The third kappa shape index (κ3) is 1.48. The second-order valence-corrected chi connectivity index (χ2v) is 2.71. The van der Waals surface area contributed by atoms with Gasteiger partial charge in [0.1, 0.15) is 0 Å². The topological polar surface area (TPSA) is 0 Å². The van der Waals surface area contributed by atoms with Gasteiger partial charge >= 0.3 is 0 Å². The van der Waals surface area contributed by atoms with Gasteiger partial charge in [0.15, 0.2) is 0 Å². The van der Waals surface area contributed by atoms with E-state index in [-0.39, 0.29) is 0 Å². The lowest BCUT2D eigenvalue weighted by atomic mass is 10.1. The Balaban J connectivity index is 2.11. The Morgan fingerprint density at radius 3 is 2.83 bits per heavy atom. The van der Waals surface area contributed by atoms with Crippen molar-refractivity contribution in [2.45, 2.75) is 6.42 Å². The Labute approximate surface area is 71.9 Å². The smallest absolute Gasteiger partial charge is 0.00545 e. The molecule has 0 saturated carbocycles. The van der Waals surface area contributed by atoms with Crippen molar-refractivity contribution in [3.05, 3.63) is 64.8 Å². The summed E-state index contributed by atoms with van der Waals surface area (Å²) in [5, 5.41) is 0. The summed E-state index contributed by atoms with van der Waals surface area (Å²) >= 11 is 0. The van der Waals surface area contributed by atoms with E-state index in [0.717, 1.165) is 6.42 Å². The molecule has 0 heterocycles. The minimum Gasteiger partial charge on any atom is -0.117 e. The molecule has 2 aliphatic rings. The molecule has 0 N–H and O–H groups in total. The van der Waals surface area contributed by atoms with E-state index >= 15 is 0 Å². The SMILES string of the molecule is C1=C=CC(CC2=C=CC=C2)=CC=1. The lowest BCUT2D eigenvalue weighted by Crippen LogP contribution is -1.80. The average Bonchev–Trinajstić information content (AvgIpc) is 2.59. The fourth-order valence-electron chi connectivity index (χ4n) is 1.19. The van der Waals surface area contributed by atoms with Crippen LogP contribution < -0.4 is 0 Å². The van der Waals surface area contributed by atoms with Gasteiger partial charge in [-0.2, -0.15) is 0 Å². The van der Waals surface area contributed by atoms with E-state index in [2.05, 4.69) is 29.3 Å². The van der Waals surface area contributed by atoms with Crippen LogP contribution in [0, 0.1) is 0 Å². The second kappa shape index (κ2) is 3.13.